The van der Waals surface area contributed by atoms with E-state index < -0.39 is 0 Å². The number of carbonyl (C=O) groups is 1. The number of thioether (sulfide) groups is 1. The predicted octanol–water partition coefficient (Wildman–Crippen LogP) is 2.72. The average Bonchev–Trinajstić information content (AvgIpc) is 3.37. The van der Waals surface area contributed by atoms with Gasteiger partial charge in [-0.05, 0) is 24.3 Å². The zero-order valence-electron chi connectivity index (χ0n) is 15.3. The first kappa shape index (κ1) is 19.5. The molecule has 0 bridgehead atoms. The van der Waals surface area contributed by atoms with Crippen molar-refractivity contribution in [1.82, 2.24) is 20.1 Å². The first-order valence-corrected chi connectivity index (χ1v) is 9.56. The molecule has 144 valence electrons. The molecule has 0 fully saturated rings. The van der Waals surface area contributed by atoms with Crippen molar-refractivity contribution in [3.63, 3.8) is 0 Å². The second-order valence-electron chi connectivity index (χ2n) is 5.75. The predicted molar refractivity (Wildman–Crippen MR) is 104 cm³/mol. The summed E-state index contributed by atoms with van der Waals surface area (Å²) in [6.07, 6.45) is 1.89. The number of rotatable bonds is 9. The minimum atomic E-state index is -0.157. The topological polar surface area (TPSA) is 106 Å². The SMILES string of the molecule is COc1cccc(-c2nnc(SCC(=O)NCCC#N)n2Cc2ccco2)c1. The third-order valence-electron chi connectivity index (χ3n) is 3.83. The van der Waals surface area contributed by atoms with Gasteiger partial charge in [-0.3, -0.25) is 9.36 Å². The molecule has 3 rings (SSSR count). The molecule has 0 spiro atoms. The minimum absolute atomic E-state index is 0.157. The maximum absolute atomic E-state index is 11.9. The number of hydrogen-bond donors (Lipinski definition) is 1. The van der Waals surface area contributed by atoms with E-state index in [1.165, 1.54) is 11.8 Å². The number of furan rings is 1. The van der Waals surface area contributed by atoms with Crippen molar-refractivity contribution in [3.8, 4) is 23.2 Å². The van der Waals surface area contributed by atoms with E-state index in [1.54, 1.807) is 13.4 Å². The van der Waals surface area contributed by atoms with Crippen LogP contribution in [0.2, 0.25) is 0 Å². The number of aromatic nitrogens is 3. The standard InChI is InChI=1S/C19H19N5O3S/c1-26-15-6-2-5-14(11-15)18-22-23-19(24(18)12-16-7-3-10-27-16)28-13-17(25)21-9-4-8-20/h2-3,5-7,10-11H,4,9,12-13H2,1H3,(H,21,25). The highest BCUT2D eigenvalue weighted by Crippen LogP contribution is 2.27. The van der Waals surface area contributed by atoms with Gasteiger partial charge < -0.3 is 14.5 Å². The molecule has 1 aromatic carbocycles. The highest BCUT2D eigenvalue weighted by molar-refractivity contribution is 7.99. The van der Waals surface area contributed by atoms with Crippen LogP contribution in [0, 0.1) is 11.3 Å². The Bertz CT molecular complexity index is 962. The van der Waals surface area contributed by atoms with Crippen LogP contribution in [0.3, 0.4) is 0 Å². The quantitative estimate of drug-likeness (QED) is 0.437. The van der Waals surface area contributed by atoms with Gasteiger partial charge in [0.1, 0.15) is 11.5 Å². The Balaban J connectivity index is 1.82. The van der Waals surface area contributed by atoms with Gasteiger partial charge in [0.05, 0.1) is 38.2 Å². The number of hydrogen-bond acceptors (Lipinski definition) is 7. The number of benzene rings is 1. The Morgan fingerprint density at radius 2 is 2.25 bits per heavy atom. The molecule has 2 heterocycles. The second kappa shape index (κ2) is 9.62. The summed E-state index contributed by atoms with van der Waals surface area (Å²) in [7, 11) is 1.61. The summed E-state index contributed by atoms with van der Waals surface area (Å²) >= 11 is 1.28. The Morgan fingerprint density at radius 3 is 3.00 bits per heavy atom. The Morgan fingerprint density at radius 1 is 1.36 bits per heavy atom. The average molecular weight is 397 g/mol. The molecule has 0 saturated heterocycles. The van der Waals surface area contributed by atoms with Gasteiger partial charge in [-0.2, -0.15) is 5.26 Å². The van der Waals surface area contributed by atoms with Crippen molar-refractivity contribution in [3.05, 3.63) is 48.4 Å². The van der Waals surface area contributed by atoms with E-state index in [0.717, 1.165) is 17.1 Å². The number of methoxy groups -OCH3 is 1. The Kier molecular flexibility index (Phi) is 6.70. The molecule has 0 aliphatic heterocycles. The van der Waals surface area contributed by atoms with Crippen LogP contribution < -0.4 is 10.1 Å². The van der Waals surface area contributed by atoms with Crippen LogP contribution in [0.25, 0.3) is 11.4 Å². The largest absolute Gasteiger partial charge is 0.497 e. The molecule has 0 aliphatic carbocycles. The van der Waals surface area contributed by atoms with Gasteiger partial charge in [-0.1, -0.05) is 23.9 Å². The van der Waals surface area contributed by atoms with Crippen molar-refractivity contribution in [2.24, 2.45) is 0 Å². The minimum Gasteiger partial charge on any atom is -0.497 e. The molecule has 9 heteroatoms. The molecule has 8 nitrogen and oxygen atoms in total. The van der Waals surface area contributed by atoms with Crippen molar-refractivity contribution in [1.29, 1.82) is 5.26 Å². The lowest BCUT2D eigenvalue weighted by Gasteiger charge is -2.09. The fourth-order valence-corrected chi connectivity index (χ4v) is 3.28. The van der Waals surface area contributed by atoms with Gasteiger partial charge in [-0.15, -0.1) is 10.2 Å². The first-order chi connectivity index (χ1) is 13.7. The van der Waals surface area contributed by atoms with E-state index in [2.05, 4.69) is 15.5 Å². The Hall–Kier alpha value is -3.25. The number of amides is 1. The molecule has 2 aromatic heterocycles. The third-order valence-corrected chi connectivity index (χ3v) is 4.80. The molecule has 0 saturated carbocycles. The number of carbonyl (C=O) groups excluding carboxylic acids is 1. The zero-order valence-corrected chi connectivity index (χ0v) is 16.1. The summed E-state index contributed by atoms with van der Waals surface area (Å²) in [6.45, 7) is 0.773. The van der Waals surface area contributed by atoms with Gasteiger partial charge in [0.25, 0.3) is 0 Å². The highest BCUT2D eigenvalue weighted by Gasteiger charge is 2.17. The number of nitriles is 1. The van der Waals surface area contributed by atoms with Crippen molar-refractivity contribution in [2.45, 2.75) is 18.1 Å². The van der Waals surface area contributed by atoms with E-state index in [4.69, 9.17) is 14.4 Å². The van der Waals surface area contributed by atoms with Crippen LogP contribution in [0.1, 0.15) is 12.2 Å². The summed E-state index contributed by atoms with van der Waals surface area (Å²) in [5.41, 5.74) is 0.851. The molecule has 0 radical (unpaired) electrons. The monoisotopic (exact) mass is 397 g/mol. The third kappa shape index (κ3) is 4.92. The lowest BCUT2D eigenvalue weighted by atomic mass is 10.2. The van der Waals surface area contributed by atoms with Crippen LogP contribution in [0.5, 0.6) is 5.75 Å². The van der Waals surface area contributed by atoms with E-state index in [1.807, 2.05) is 47.0 Å². The lowest BCUT2D eigenvalue weighted by Crippen LogP contribution is -2.26. The summed E-state index contributed by atoms with van der Waals surface area (Å²) in [5.74, 6) is 2.15. The van der Waals surface area contributed by atoms with Crippen LogP contribution in [0.15, 0.2) is 52.2 Å². The van der Waals surface area contributed by atoms with Crippen molar-refractivity contribution >= 4 is 17.7 Å². The molecule has 1 amide bonds. The molecule has 0 aliphatic rings. The van der Waals surface area contributed by atoms with Gasteiger partial charge in [-0.25, -0.2) is 0 Å². The van der Waals surface area contributed by atoms with Crippen LogP contribution in [-0.2, 0) is 11.3 Å². The number of nitrogens with zero attached hydrogens (tertiary/aromatic N) is 4. The van der Waals surface area contributed by atoms with Gasteiger partial charge in [0, 0.05) is 12.1 Å². The molecule has 3 aromatic rings. The van der Waals surface area contributed by atoms with Gasteiger partial charge in [0.2, 0.25) is 5.91 Å². The van der Waals surface area contributed by atoms with Crippen molar-refractivity contribution < 1.29 is 13.9 Å². The molecular weight excluding hydrogens is 378 g/mol. The first-order valence-electron chi connectivity index (χ1n) is 8.57. The fourth-order valence-electron chi connectivity index (χ4n) is 2.51. The van der Waals surface area contributed by atoms with E-state index in [-0.39, 0.29) is 18.1 Å². The summed E-state index contributed by atoms with van der Waals surface area (Å²) in [5, 5.41) is 20.4. The van der Waals surface area contributed by atoms with Crippen molar-refractivity contribution in [2.75, 3.05) is 19.4 Å². The lowest BCUT2D eigenvalue weighted by molar-refractivity contribution is -0.118. The summed E-state index contributed by atoms with van der Waals surface area (Å²) in [6, 6.07) is 13.2. The van der Waals surface area contributed by atoms with Crippen LogP contribution in [-0.4, -0.2) is 40.1 Å². The normalized spacial score (nSPS) is 10.4. The summed E-state index contributed by atoms with van der Waals surface area (Å²) < 4.78 is 12.7. The van der Waals surface area contributed by atoms with Gasteiger partial charge in [0.15, 0.2) is 11.0 Å². The summed E-state index contributed by atoms with van der Waals surface area (Å²) in [4.78, 5) is 11.9. The second-order valence-corrected chi connectivity index (χ2v) is 6.69. The molecule has 0 unspecified atom stereocenters. The van der Waals surface area contributed by atoms with E-state index in [9.17, 15) is 4.79 Å². The fraction of sp³-hybridized carbons (Fsp3) is 0.263. The maximum Gasteiger partial charge on any atom is 0.230 e. The maximum atomic E-state index is 11.9. The smallest absolute Gasteiger partial charge is 0.230 e. The molecular formula is C19H19N5O3S. The van der Waals surface area contributed by atoms with E-state index in [0.29, 0.717) is 24.1 Å². The molecule has 28 heavy (non-hydrogen) atoms. The van der Waals surface area contributed by atoms with Crippen LogP contribution in [0.4, 0.5) is 0 Å². The molecule has 1 N–H and O–H groups in total. The Labute approximate surface area is 166 Å². The zero-order chi connectivity index (χ0) is 19.8. The van der Waals surface area contributed by atoms with E-state index >= 15 is 0 Å². The van der Waals surface area contributed by atoms with Crippen LogP contribution >= 0.6 is 11.8 Å². The van der Waals surface area contributed by atoms with Gasteiger partial charge >= 0.3 is 0 Å². The number of ether oxygens (including phenoxy) is 1. The highest BCUT2D eigenvalue weighted by atomic mass is 32.2. The number of nitrogens with one attached hydrogen (secondary N) is 1. The molecule has 0 atom stereocenters.